The van der Waals surface area contributed by atoms with Gasteiger partial charge in [-0.3, -0.25) is 9.48 Å². The molecule has 2 aromatic rings. The van der Waals surface area contributed by atoms with Gasteiger partial charge in [0.05, 0.1) is 30.1 Å². The van der Waals surface area contributed by atoms with E-state index >= 15 is 0 Å². The van der Waals surface area contributed by atoms with Crippen LogP contribution in [0, 0.1) is 0 Å². The Labute approximate surface area is 127 Å². The van der Waals surface area contributed by atoms with E-state index in [1.54, 1.807) is 11.8 Å². The van der Waals surface area contributed by atoms with Gasteiger partial charge in [0.15, 0.2) is 5.78 Å². The van der Waals surface area contributed by atoms with Gasteiger partial charge in [0.1, 0.15) is 5.69 Å². The maximum atomic E-state index is 12.3. The minimum absolute atomic E-state index is 0.0301. The minimum atomic E-state index is -0.0301. The van der Waals surface area contributed by atoms with Crippen molar-refractivity contribution in [3.63, 3.8) is 0 Å². The molecule has 0 radical (unpaired) electrons. The van der Waals surface area contributed by atoms with Gasteiger partial charge in [-0.2, -0.15) is 5.10 Å². The number of ether oxygens (including phenoxy) is 1. The number of thioether (sulfide) groups is 1. The third-order valence-electron chi connectivity index (χ3n) is 2.68. The summed E-state index contributed by atoms with van der Waals surface area (Å²) in [5, 5.41) is 4.49. The lowest BCUT2D eigenvalue weighted by atomic mass is 10.3. The predicted molar refractivity (Wildman–Crippen MR) is 80.6 cm³/mol. The third-order valence-corrected chi connectivity index (χ3v) is 3.97. The average Bonchev–Trinajstić information content (AvgIpc) is 2.84. The number of hydrogen-bond donors (Lipinski definition) is 0. The van der Waals surface area contributed by atoms with Crippen LogP contribution in [0.3, 0.4) is 0 Å². The highest BCUT2D eigenvalue weighted by Crippen LogP contribution is 2.22. The minimum Gasteiger partial charge on any atom is -0.383 e. The summed E-state index contributed by atoms with van der Waals surface area (Å²) in [6, 6.07) is 9.79. The Kier molecular flexibility index (Phi) is 5.64. The van der Waals surface area contributed by atoms with Crippen molar-refractivity contribution in [1.82, 2.24) is 9.78 Å². The second kappa shape index (κ2) is 7.47. The Balaban J connectivity index is 2.03. The summed E-state index contributed by atoms with van der Waals surface area (Å²) in [6.45, 7) is 1.00. The van der Waals surface area contributed by atoms with Crippen LogP contribution < -0.4 is 0 Å². The molecule has 0 aliphatic heterocycles. The van der Waals surface area contributed by atoms with E-state index < -0.39 is 0 Å². The number of hydrogen-bond acceptors (Lipinski definition) is 4. The van der Waals surface area contributed by atoms with Crippen LogP contribution in [-0.2, 0) is 11.3 Å². The largest absolute Gasteiger partial charge is 0.383 e. The normalized spacial score (nSPS) is 10.7. The van der Waals surface area contributed by atoms with Gasteiger partial charge in [-0.25, -0.2) is 0 Å². The molecular weight excluding hydrogens is 296 g/mol. The van der Waals surface area contributed by atoms with E-state index in [0.717, 1.165) is 4.90 Å². The molecule has 0 saturated heterocycles. The number of rotatable bonds is 7. The molecule has 0 N–H and O–H groups in total. The molecule has 106 valence electrons. The first kappa shape index (κ1) is 15.1. The maximum absolute atomic E-state index is 12.3. The first-order chi connectivity index (χ1) is 9.72. The number of nitrogens with zero attached hydrogens (tertiary/aromatic N) is 2. The molecule has 0 amide bonds. The fourth-order valence-corrected chi connectivity index (χ4v) is 2.75. The Morgan fingerprint density at radius 1 is 1.40 bits per heavy atom. The van der Waals surface area contributed by atoms with Crippen LogP contribution in [0.2, 0.25) is 5.02 Å². The number of halogens is 1. The topological polar surface area (TPSA) is 44.1 Å². The number of benzene rings is 1. The molecule has 20 heavy (non-hydrogen) atoms. The summed E-state index contributed by atoms with van der Waals surface area (Å²) in [5.41, 5.74) is 0.451. The molecule has 0 saturated carbocycles. The van der Waals surface area contributed by atoms with Crippen molar-refractivity contribution >= 4 is 29.1 Å². The van der Waals surface area contributed by atoms with Gasteiger partial charge < -0.3 is 4.74 Å². The summed E-state index contributed by atoms with van der Waals surface area (Å²) >= 11 is 7.53. The van der Waals surface area contributed by atoms with Gasteiger partial charge in [0, 0.05) is 12.0 Å². The van der Waals surface area contributed by atoms with Gasteiger partial charge in [-0.05, 0) is 12.1 Å². The molecule has 0 aliphatic rings. The van der Waals surface area contributed by atoms with Crippen LogP contribution in [0.4, 0.5) is 0 Å². The molecule has 0 fully saturated rings. The molecule has 0 bridgehead atoms. The van der Waals surface area contributed by atoms with E-state index in [4.69, 9.17) is 16.3 Å². The number of methoxy groups -OCH3 is 1. The molecule has 2 rings (SSSR count). The Morgan fingerprint density at radius 2 is 2.15 bits per heavy atom. The molecule has 0 atom stereocenters. The number of carbonyl (C=O) groups excluding carboxylic acids is 1. The molecule has 0 aliphatic carbocycles. The molecular formula is C14H15ClN2O2S. The van der Waals surface area contributed by atoms with E-state index in [9.17, 15) is 4.79 Å². The molecule has 1 aromatic heterocycles. The van der Waals surface area contributed by atoms with Crippen molar-refractivity contribution in [2.24, 2.45) is 0 Å². The first-order valence-electron chi connectivity index (χ1n) is 6.13. The molecule has 1 aromatic carbocycles. The van der Waals surface area contributed by atoms with Gasteiger partial charge >= 0.3 is 0 Å². The van der Waals surface area contributed by atoms with Crippen molar-refractivity contribution in [1.29, 1.82) is 0 Å². The van der Waals surface area contributed by atoms with Crippen molar-refractivity contribution in [3.8, 4) is 0 Å². The zero-order chi connectivity index (χ0) is 14.4. The van der Waals surface area contributed by atoms with Crippen LogP contribution in [0.5, 0.6) is 0 Å². The van der Waals surface area contributed by atoms with Crippen LogP contribution in [0.25, 0.3) is 0 Å². The van der Waals surface area contributed by atoms with E-state index in [1.165, 1.54) is 18.0 Å². The predicted octanol–water partition coefficient (Wildman–Crippen LogP) is 3.16. The van der Waals surface area contributed by atoms with E-state index in [2.05, 4.69) is 5.10 Å². The highest BCUT2D eigenvalue weighted by atomic mass is 35.5. The van der Waals surface area contributed by atoms with Crippen molar-refractivity contribution in [2.75, 3.05) is 19.5 Å². The van der Waals surface area contributed by atoms with Crippen molar-refractivity contribution in [3.05, 3.63) is 47.2 Å². The smallest absolute Gasteiger partial charge is 0.192 e. The molecule has 1 heterocycles. The van der Waals surface area contributed by atoms with Gasteiger partial charge in [-0.1, -0.05) is 29.8 Å². The summed E-state index contributed by atoms with van der Waals surface area (Å²) in [7, 11) is 1.61. The van der Waals surface area contributed by atoms with Crippen molar-refractivity contribution < 1.29 is 9.53 Å². The molecule has 0 spiro atoms. The second-order valence-corrected chi connectivity index (χ2v) is 5.54. The highest BCUT2D eigenvalue weighted by molar-refractivity contribution is 8.00. The Hall–Kier alpha value is -1.30. The summed E-state index contributed by atoms with van der Waals surface area (Å²) < 4.78 is 6.60. The summed E-state index contributed by atoms with van der Waals surface area (Å²) in [5.74, 6) is 0.306. The second-order valence-electron chi connectivity index (χ2n) is 4.08. The van der Waals surface area contributed by atoms with E-state index in [0.29, 0.717) is 29.6 Å². The lowest BCUT2D eigenvalue weighted by Crippen LogP contribution is -2.15. The molecule has 0 unspecified atom stereocenters. The fraction of sp³-hybridized carbons (Fsp3) is 0.286. The molecule has 4 nitrogen and oxygen atoms in total. The van der Waals surface area contributed by atoms with Gasteiger partial charge in [-0.15, -0.1) is 11.8 Å². The van der Waals surface area contributed by atoms with Crippen molar-refractivity contribution in [2.45, 2.75) is 11.4 Å². The van der Waals surface area contributed by atoms with Gasteiger partial charge in [0.2, 0.25) is 0 Å². The lowest BCUT2D eigenvalue weighted by molar-refractivity contribution is 0.100. The number of Topliss-reactive ketones (excluding diaryl/α,β-unsaturated/α-hetero) is 1. The summed E-state index contributed by atoms with van der Waals surface area (Å²) in [6.07, 6.45) is 1.50. The zero-order valence-corrected chi connectivity index (χ0v) is 12.7. The standard InChI is InChI=1S/C14H15ClN2O2S/c1-19-8-7-17-14(12(15)9-16-17)13(18)10-20-11-5-3-2-4-6-11/h2-6,9H,7-8,10H2,1H3. The number of aromatic nitrogens is 2. The number of ketones is 1. The van der Waals surface area contributed by atoms with Crippen LogP contribution in [0.1, 0.15) is 10.5 Å². The monoisotopic (exact) mass is 310 g/mol. The zero-order valence-electron chi connectivity index (χ0n) is 11.1. The average molecular weight is 311 g/mol. The lowest BCUT2D eigenvalue weighted by Gasteiger charge is -2.06. The third kappa shape index (κ3) is 3.85. The fourth-order valence-electron chi connectivity index (χ4n) is 1.72. The number of carbonyl (C=O) groups is 1. The van der Waals surface area contributed by atoms with E-state index in [1.807, 2.05) is 30.3 Å². The van der Waals surface area contributed by atoms with E-state index in [-0.39, 0.29) is 5.78 Å². The summed E-state index contributed by atoms with van der Waals surface area (Å²) in [4.78, 5) is 13.3. The first-order valence-corrected chi connectivity index (χ1v) is 7.50. The van der Waals surface area contributed by atoms with Crippen LogP contribution in [-0.4, -0.2) is 35.0 Å². The SMILES string of the molecule is COCCn1ncc(Cl)c1C(=O)CSc1ccccc1. The highest BCUT2D eigenvalue weighted by Gasteiger charge is 2.17. The maximum Gasteiger partial charge on any atom is 0.192 e. The van der Waals surface area contributed by atoms with Crippen LogP contribution in [0.15, 0.2) is 41.4 Å². The Morgan fingerprint density at radius 3 is 2.85 bits per heavy atom. The molecule has 6 heteroatoms. The van der Waals surface area contributed by atoms with Gasteiger partial charge in [0.25, 0.3) is 0 Å². The van der Waals surface area contributed by atoms with Crippen LogP contribution >= 0.6 is 23.4 Å². The quantitative estimate of drug-likeness (QED) is 0.582. The Bertz CT molecular complexity index is 572.